The Morgan fingerprint density at radius 3 is 2.47 bits per heavy atom. The van der Waals surface area contributed by atoms with E-state index >= 15 is 0 Å². The molecule has 0 bridgehead atoms. The summed E-state index contributed by atoms with van der Waals surface area (Å²) in [6, 6.07) is 27.6. The molecule has 0 unspecified atom stereocenters. The molecular formula is C26H20N4O2. The van der Waals surface area contributed by atoms with Gasteiger partial charge in [0, 0.05) is 5.56 Å². The van der Waals surface area contributed by atoms with Crippen LogP contribution in [0.15, 0.2) is 90.0 Å². The molecule has 0 radical (unpaired) electrons. The number of hydrogen-bond donors (Lipinski definition) is 2. The van der Waals surface area contributed by atoms with Crippen molar-refractivity contribution in [1.82, 2.24) is 15.6 Å². The molecule has 6 nitrogen and oxygen atoms in total. The summed E-state index contributed by atoms with van der Waals surface area (Å²) in [6.45, 7) is 0. The molecule has 0 aliphatic carbocycles. The summed E-state index contributed by atoms with van der Waals surface area (Å²) in [5, 5.41) is 15.6. The SMILES string of the molecule is COc1ccc2ccccc2c1-c1cc(C(=O)NN=Cc2cccc3ccccc23)[nH]n1. The number of fused-ring (bicyclic) bond motifs is 2. The van der Waals surface area contributed by atoms with Crippen LogP contribution >= 0.6 is 0 Å². The maximum atomic E-state index is 12.6. The van der Waals surface area contributed by atoms with E-state index in [1.54, 1.807) is 19.4 Å². The third-order valence-corrected chi connectivity index (χ3v) is 5.38. The maximum Gasteiger partial charge on any atom is 0.289 e. The minimum absolute atomic E-state index is 0.310. The minimum Gasteiger partial charge on any atom is -0.496 e. The van der Waals surface area contributed by atoms with E-state index in [1.807, 2.05) is 78.9 Å². The molecule has 0 fully saturated rings. The second-order valence-corrected chi connectivity index (χ2v) is 7.30. The summed E-state index contributed by atoms with van der Waals surface area (Å²) in [5.41, 5.74) is 5.27. The number of nitrogens with one attached hydrogen (secondary N) is 2. The number of benzene rings is 4. The molecule has 156 valence electrons. The number of aromatic amines is 1. The van der Waals surface area contributed by atoms with Crippen molar-refractivity contribution in [2.75, 3.05) is 7.11 Å². The predicted octanol–water partition coefficient (Wildman–Crippen LogP) is 5.16. The van der Waals surface area contributed by atoms with Crippen LogP contribution in [0, 0.1) is 0 Å². The Balaban J connectivity index is 1.40. The van der Waals surface area contributed by atoms with Crippen LogP contribution in [-0.4, -0.2) is 29.4 Å². The average Bonchev–Trinajstić information content (AvgIpc) is 3.33. The van der Waals surface area contributed by atoms with E-state index < -0.39 is 0 Å². The van der Waals surface area contributed by atoms with E-state index in [2.05, 4.69) is 20.7 Å². The standard InChI is InChI=1S/C26H20N4O2/c1-32-24-14-13-18-8-3-5-12-21(18)25(24)22-15-23(29-28-22)26(31)30-27-16-19-10-6-9-17-7-2-4-11-20(17)19/h2-16H,1H3,(H,28,29)(H,30,31). The summed E-state index contributed by atoms with van der Waals surface area (Å²) in [4.78, 5) is 12.6. The Kier molecular flexibility index (Phi) is 5.09. The molecule has 5 aromatic rings. The van der Waals surface area contributed by atoms with Crippen LogP contribution in [0.1, 0.15) is 16.1 Å². The number of carbonyl (C=O) groups is 1. The predicted molar refractivity (Wildman–Crippen MR) is 127 cm³/mol. The number of ether oxygens (including phenoxy) is 1. The van der Waals surface area contributed by atoms with Crippen molar-refractivity contribution in [2.45, 2.75) is 0 Å². The van der Waals surface area contributed by atoms with Gasteiger partial charge in [-0.1, -0.05) is 72.8 Å². The second-order valence-electron chi connectivity index (χ2n) is 7.30. The van der Waals surface area contributed by atoms with Gasteiger partial charge >= 0.3 is 0 Å². The number of hydrogen-bond acceptors (Lipinski definition) is 4. The lowest BCUT2D eigenvalue weighted by Crippen LogP contribution is -2.18. The van der Waals surface area contributed by atoms with E-state index in [0.717, 1.165) is 32.7 Å². The van der Waals surface area contributed by atoms with Gasteiger partial charge in [0.25, 0.3) is 5.91 Å². The van der Waals surface area contributed by atoms with Gasteiger partial charge in [-0.25, -0.2) is 5.43 Å². The van der Waals surface area contributed by atoms with Crippen LogP contribution < -0.4 is 10.2 Å². The summed E-state index contributed by atoms with van der Waals surface area (Å²) in [7, 11) is 1.62. The number of amides is 1. The van der Waals surface area contributed by atoms with Crippen LogP contribution in [0.2, 0.25) is 0 Å². The zero-order valence-electron chi connectivity index (χ0n) is 17.4. The molecule has 1 aromatic heterocycles. The average molecular weight is 420 g/mol. The van der Waals surface area contributed by atoms with Crippen molar-refractivity contribution >= 4 is 33.7 Å². The van der Waals surface area contributed by atoms with Gasteiger partial charge in [0.15, 0.2) is 0 Å². The second kappa shape index (κ2) is 8.35. The zero-order chi connectivity index (χ0) is 21.9. The monoisotopic (exact) mass is 420 g/mol. The van der Waals surface area contributed by atoms with Gasteiger partial charge < -0.3 is 4.74 Å². The molecular weight excluding hydrogens is 400 g/mol. The highest BCUT2D eigenvalue weighted by Gasteiger charge is 2.16. The highest BCUT2D eigenvalue weighted by Crippen LogP contribution is 2.36. The molecule has 0 spiro atoms. The quantitative estimate of drug-likeness (QED) is 0.305. The van der Waals surface area contributed by atoms with E-state index in [-0.39, 0.29) is 5.91 Å². The number of aromatic nitrogens is 2. The first kappa shape index (κ1) is 19.5. The van der Waals surface area contributed by atoms with E-state index in [1.165, 1.54) is 0 Å². The molecule has 1 heterocycles. The molecule has 6 heteroatoms. The van der Waals surface area contributed by atoms with Gasteiger partial charge in [0.2, 0.25) is 0 Å². The first-order chi connectivity index (χ1) is 15.7. The fourth-order valence-corrected chi connectivity index (χ4v) is 3.84. The number of methoxy groups -OCH3 is 1. The van der Waals surface area contributed by atoms with E-state index in [9.17, 15) is 4.79 Å². The lowest BCUT2D eigenvalue weighted by atomic mass is 10.0. The van der Waals surface area contributed by atoms with Crippen LogP contribution in [0.3, 0.4) is 0 Å². The number of rotatable bonds is 5. The van der Waals surface area contributed by atoms with Gasteiger partial charge in [-0.3, -0.25) is 9.89 Å². The van der Waals surface area contributed by atoms with Crippen molar-refractivity contribution in [1.29, 1.82) is 0 Å². The van der Waals surface area contributed by atoms with Crippen LogP contribution in [0.25, 0.3) is 32.8 Å². The Morgan fingerprint density at radius 2 is 1.66 bits per heavy atom. The molecule has 5 rings (SSSR count). The van der Waals surface area contributed by atoms with Gasteiger partial charge in [0.1, 0.15) is 11.4 Å². The fourth-order valence-electron chi connectivity index (χ4n) is 3.84. The minimum atomic E-state index is -0.376. The number of hydrazone groups is 1. The van der Waals surface area contributed by atoms with Crippen molar-refractivity contribution in [3.8, 4) is 17.0 Å². The first-order valence-electron chi connectivity index (χ1n) is 10.2. The Morgan fingerprint density at radius 1 is 0.938 bits per heavy atom. The topological polar surface area (TPSA) is 79.4 Å². The molecule has 0 atom stereocenters. The Labute approximate surface area is 184 Å². The molecule has 0 saturated heterocycles. The Hall–Kier alpha value is -4.45. The van der Waals surface area contributed by atoms with Crippen LogP contribution in [0.4, 0.5) is 0 Å². The summed E-state index contributed by atoms with van der Waals surface area (Å²) in [6.07, 6.45) is 1.64. The first-order valence-corrected chi connectivity index (χ1v) is 10.2. The maximum absolute atomic E-state index is 12.6. The third-order valence-electron chi connectivity index (χ3n) is 5.38. The van der Waals surface area contributed by atoms with E-state index in [0.29, 0.717) is 17.1 Å². The molecule has 1 amide bonds. The zero-order valence-corrected chi connectivity index (χ0v) is 17.4. The number of carbonyl (C=O) groups excluding carboxylic acids is 1. The third kappa shape index (κ3) is 3.58. The lowest BCUT2D eigenvalue weighted by molar-refractivity contribution is 0.0950. The highest BCUT2D eigenvalue weighted by atomic mass is 16.5. The molecule has 32 heavy (non-hydrogen) atoms. The smallest absolute Gasteiger partial charge is 0.289 e. The Bertz CT molecular complexity index is 1460. The number of H-pyrrole nitrogens is 1. The summed E-state index contributed by atoms with van der Waals surface area (Å²) < 4.78 is 5.55. The summed E-state index contributed by atoms with van der Waals surface area (Å²) >= 11 is 0. The molecule has 0 aliphatic heterocycles. The molecule has 2 N–H and O–H groups in total. The molecule has 4 aromatic carbocycles. The molecule has 0 saturated carbocycles. The van der Waals surface area contributed by atoms with Gasteiger partial charge in [-0.05, 0) is 33.7 Å². The van der Waals surface area contributed by atoms with Crippen LogP contribution in [0.5, 0.6) is 5.75 Å². The van der Waals surface area contributed by atoms with Crippen molar-refractivity contribution in [3.63, 3.8) is 0 Å². The van der Waals surface area contributed by atoms with Gasteiger partial charge in [0.05, 0.1) is 24.6 Å². The van der Waals surface area contributed by atoms with Crippen LogP contribution in [-0.2, 0) is 0 Å². The largest absolute Gasteiger partial charge is 0.496 e. The fraction of sp³-hybridized carbons (Fsp3) is 0.0385. The van der Waals surface area contributed by atoms with E-state index in [4.69, 9.17) is 4.74 Å². The number of nitrogens with zero attached hydrogens (tertiary/aromatic N) is 2. The van der Waals surface area contributed by atoms with Crippen molar-refractivity contribution in [3.05, 3.63) is 96.2 Å². The lowest BCUT2D eigenvalue weighted by Gasteiger charge is -2.09. The molecule has 0 aliphatic rings. The van der Waals surface area contributed by atoms with Gasteiger partial charge in [-0.15, -0.1) is 0 Å². The normalized spacial score (nSPS) is 11.3. The van der Waals surface area contributed by atoms with Gasteiger partial charge in [-0.2, -0.15) is 10.2 Å². The highest BCUT2D eigenvalue weighted by molar-refractivity contribution is 6.02. The summed E-state index contributed by atoms with van der Waals surface area (Å²) in [5.74, 6) is 0.315. The van der Waals surface area contributed by atoms with Crippen molar-refractivity contribution < 1.29 is 9.53 Å². The van der Waals surface area contributed by atoms with Crippen molar-refractivity contribution in [2.24, 2.45) is 5.10 Å².